The van der Waals surface area contributed by atoms with Gasteiger partial charge in [-0.1, -0.05) is 0 Å². The Bertz CT molecular complexity index is 205. The summed E-state index contributed by atoms with van der Waals surface area (Å²) in [7, 11) is 0. The van der Waals surface area contributed by atoms with E-state index in [1.165, 1.54) is 0 Å². The van der Waals surface area contributed by atoms with E-state index >= 15 is 0 Å². The molecule has 0 radical (unpaired) electrons. The van der Waals surface area contributed by atoms with Gasteiger partial charge in [-0.3, -0.25) is 0 Å². The summed E-state index contributed by atoms with van der Waals surface area (Å²) in [5.41, 5.74) is 0. The second kappa shape index (κ2) is 3.69. The fraction of sp³-hybridized carbons (Fsp3) is 1.00. The van der Waals surface area contributed by atoms with Gasteiger partial charge in [0.15, 0.2) is 0 Å². The Hall–Kier alpha value is 1.39. The first kappa shape index (κ1) is 16.4. The molecule has 0 bridgehead atoms. The van der Waals surface area contributed by atoms with Crippen LogP contribution in [0.2, 0.25) is 0 Å². The van der Waals surface area contributed by atoms with E-state index < -0.39 is 4.01 Å². The van der Waals surface area contributed by atoms with Gasteiger partial charge in [0, 0.05) is 0 Å². The molecule has 0 saturated carbocycles. The molecule has 0 aliphatic carbocycles. The number of hydrogen-bond donors (Lipinski definition) is 0. The molecule has 0 aliphatic heterocycles. The van der Waals surface area contributed by atoms with Crippen LogP contribution in [0.4, 0.5) is 0 Å². The van der Waals surface area contributed by atoms with Gasteiger partial charge < -0.3 is 0 Å². The molecule has 0 amide bonds. The molecule has 15 heavy (non-hydrogen) atoms. The summed E-state index contributed by atoms with van der Waals surface area (Å²) in [5, 5.41) is 0.673. The maximum absolute atomic E-state index is 4.20. The van der Waals surface area contributed by atoms with Gasteiger partial charge in [-0.2, -0.15) is 0 Å². The fourth-order valence-corrected chi connectivity index (χ4v) is 9.06. The molecule has 3 heteroatoms. The van der Waals surface area contributed by atoms with E-state index in [1.807, 2.05) is 0 Å². The van der Waals surface area contributed by atoms with Crippen molar-refractivity contribution < 1.29 is 0 Å². The van der Waals surface area contributed by atoms with Gasteiger partial charge >= 0.3 is 113 Å². The Balaban J connectivity index is 6.08. The second-order valence-electron chi connectivity index (χ2n) is 7.42. The van der Waals surface area contributed by atoms with E-state index in [0.717, 1.165) is 0 Å². The standard InChI is InChI=1S/C12H27Br2P/c1-10(2,3)15(13,14,11(4,5)6)12(7,8)9/h1-9H3. The number of halogens is 2. The minimum atomic E-state index is -2.22. The topological polar surface area (TPSA) is 0 Å². The van der Waals surface area contributed by atoms with Crippen molar-refractivity contribution in [1.29, 1.82) is 0 Å². The molecule has 0 atom stereocenters. The van der Waals surface area contributed by atoms with Crippen LogP contribution in [0, 0.1) is 0 Å². The predicted octanol–water partition coefficient (Wildman–Crippen LogP) is 6.56. The molecule has 94 valence electrons. The zero-order valence-electron chi connectivity index (χ0n) is 11.7. The summed E-state index contributed by atoms with van der Waals surface area (Å²) in [6.45, 7) is 21.0. The SMILES string of the molecule is CC(C)(C)P(Br)(Br)(C(C)(C)C)C(C)(C)C. The van der Waals surface area contributed by atoms with E-state index in [9.17, 15) is 0 Å². The van der Waals surface area contributed by atoms with Crippen molar-refractivity contribution in [3.05, 3.63) is 0 Å². The molecule has 0 aromatic carbocycles. The quantitative estimate of drug-likeness (QED) is 0.429. The van der Waals surface area contributed by atoms with Crippen LogP contribution < -0.4 is 0 Å². The average Bonchev–Trinajstić information content (AvgIpc) is 1.78. The van der Waals surface area contributed by atoms with Gasteiger partial charge in [-0.15, -0.1) is 0 Å². The van der Waals surface area contributed by atoms with Gasteiger partial charge in [-0.05, 0) is 0 Å². The van der Waals surface area contributed by atoms with Gasteiger partial charge in [0.25, 0.3) is 0 Å². The molecule has 0 saturated heterocycles. The van der Waals surface area contributed by atoms with Crippen molar-refractivity contribution in [2.75, 3.05) is 0 Å². The van der Waals surface area contributed by atoms with Gasteiger partial charge in [0.2, 0.25) is 0 Å². The van der Waals surface area contributed by atoms with E-state index in [2.05, 4.69) is 93.3 Å². The van der Waals surface area contributed by atoms with Crippen LogP contribution in [0.15, 0.2) is 0 Å². The van der Waals surface area contributed by atoms with Crippen LogP contribution in [-0.4, -0.2) is 15.5 Å². The summed E-state index contributed by atoms with van der Waals surface area (Å²) in [6.07, 6.45) is 0. The maximum atomic E-state index is 4.20. The Morgan fingerprint density at radius 2 is 0.667 bits per heavy atom. The molecule has 0 rings (SSSR count). The van der Waals surface area contributed by atoms with Crippen molar-refractivity contribution in [3.8, 4) is 0 Å². The molecule has 0 unspecified atom stereocenters. The normalized spacial score (nSPS) is 18.5. The van der Waals surface area contributed by atoms with E-state index in [4.69, 9.17) is 0 Å². The fourth-order valence-electron chi connectivity index (χ4n) is 3.02. The molecule has 0 spiro atoms. The minimum absolute atomic E-state index is 0.224. The van der Waals surface area contributed by atoms with Crippen LogP contribution >= 0.6 is 35.0 Å². The van der Waals surface area contributed by atoms with Crippen molar-refractivity contribution in [3.63, 3.8) is 0 Å². The zero-order chi connectivity index (χ0) is 12.9. The van der Waals surface area contributed by atoms with Crippen LogP contribution in [0.3, 0.4) is 0 Å². The number of rotatable bonds is 0. The molecule has 0 aromatic heterocycles. The Labute approximate surface area is 112 Å². The Morgan fingerprint density at radius 1 is 0.533 bits per heavy atom. The van der Waals surface area contributed by atoms with Crippen LogP contribution in [0.25, 0.3) is 0 Å². The molecule has 0 heterocycles. The van der Waals surface area contributed by atoms with E-state index in [-0.39, 0.29) is 15.5 Å². The third kappa shape index (κ3) is 1.97. The number of hydrogen-bond acceptors (Lipinski definition) is 0. The Morgan fingerprint density at radius 3 is 0.667 bits per heavy atom. The van der Waals surface area contributed by atoms with E-state index in [1.54, 1.807) is 0 Å². The zero-order valence-corrected chi connectivity index (χ0v) is 15.8. The summed E-state index contributed by atoms with van der Waals surface area (Å²) >= 11 is 8.40. The van der Waals surface area contributed by atoms with Crippen LogP contribution in [-0.2, 0) is 0 Å². The Kier molecular flexibility index (Phi) is 4.03. The molecule has 0 aromatic rings. The molecular weight excluding hydrogens is 335 g/mol. The summed E-state index contributed by atoms with van der Waals surface area (Å²) in [4.78, 5) is 0. The average molecular weight is 362 g/mol. The van der Waals surface area contributed by atoms with Crippen LogP contribution in [0.1, 0.15) is 62.3 Å². The predicted molar refractivity (Wildman–Crippen MR) is 84.0 cm³/mol. The summed E-state index contributed by atoms with van der Waals surface area (Å²) in [5.74, 6) is 0. The third-order valence-corrected chi connectivity index (χ3v) is 29.8. The van der Waals surface area contributed by atoms with Gasteiger partial charge in [0.05, 0.1) is 0 Å². The van der Waals surface area contributed by atoms with Crippen LogP contribution in [0.5, 0.6) is 0 Å². The second-order valence-corrected chi connectivity index (χ2v) is 24.6. The van der Waals surface area contributed by atoms with Crippen molar-refractivity contribution in [1.82, 2.24) is 0 Å². The molecule has 0 fully saturated rings. The monoisotopic (exact) mass is 360 g/mol. The molecule has 0 nitrogen and oxygen atoms in total. The molecular formula is C12H27Br2P. The first-order chi connectivity index (χ1) is 6.07. The molecule has 0 N–H and O–H groups in total. The van der Waals surface area contributed by atoms with Gasteiger partial charge in [-0.25, -0.2) is 0 Å². The van der Waals surface area contributed by atoms with Crippen molar-refractivity contribution >= 4 is 35.0 Å². The first-order valence-electron chi connectivity index (χ1n) is 5.51. The van der Waals surface area contributed by atoms with Crippen molar-refractivity contribution in [2.45, 2.75) is 77.8 Å². The summed E-state index contributed by atoms with van der Waals surface area (Å²) < 4.78 is -2.22. The first-order valence-corrected chi connectivity index (χ1v) is 11.8. The van der Waals surface area contributed by atoms with E-state index in [0.29, 0.717) is 0 Å². The van der Waals surface area contributed by atoms with Gasteiger partial charge in [0.1, 0.15) is 0 Å². The third-order valence-electron chi connectivity index (χ3n) is 3.53. The summed E-state index contributed by atoms with van der Waals surface area (Å²) in [6, 6.07) is 0. The van der Waals surface area contributed by atoms with Crippen molar-refractivity contribution in [2.24, 2.45) is 0 Å². The molecule has 0 aliphatic rings.